The van der Waals surface area contributed by atoms with Gasteiger partial charge in [0, 0.05) is 17.8 Å². The van der Waals surface area contributed by atoms with Gasteiger partial charge in [-0.1, -0.05) is 0 Å². The lowest BCUT2D eigenvalue weighted by atomic mass is 10.1. The maximum absolute atomic E-state index is 12.2. The first-order chi connectivity index (χ1) is 14.4. The maximum Gasteiger partial charge on any atom is 0.307 e. The Bertz CT molecular complexity index is 951. The van der Waals surface area contributed by atoms with E-state index in [1.165, 1.54) is 18.2 Å². The average molecular weight is 409 g/mol. The third-order valence-corrected chi connectivity index (χ3v) is 3.98. The Labute approximate surface area is 174 Å². The van der Waals surface area contributed by atoms with E-state index in [9.17, 15) is 14.4 Å². The number of nitrogens with one attached hydrogen (secondary N) is 3. The molecule has 0 bridgehead atoms. The van der Waals surface area contributed by atoms with Crippen LogP contribution in [0.5, 0.6) is 0 Å². The number of esters is 1. The number of nitrogens with two attached hydrogens (primary N) is 1. The molecular weight excluding hydrogens is 386 g/mol. The molecule has 0 unspecified atom stereocenters. The zero-order valence-electron chi connectivity index (χ0n) is 16.5. The Morgan fingerprint density at radius 3 is 2.53 bits per heavy atom. The van der Waals surface area contributed by atoms with Gasteiger partial charge in [0.05, 0.1) is 42.6 Å². The lowest BCUT2D eigenvalue weighted by Crippen LogP contribution is -2.27. The molecule has 0 fully saturated rings. The van der Waals surface area contributed by atoms with Gasteiger partial charge in [-0.05, 0) is 49.4 Å². The summed E-state index contributed by atoms with van der Waals surface area (Å²) < 4.78 is 4.80. The van der Waals surface area contributed by atoms with E-state index in [0.717, 1.165) is 0 Å². The molecule has 0 radical (unpaired) electrons. The fourth-order valence-corrected chi connectivity index (χ4v) is 2.46. The first-order valence-electron chi connectivity index (χ1n) is 9.30. The Kier molecular flexibility index (Phi) is 8.20. The van der Waals surface area contributed by atoms with Gasteiger partial charge in [-0.25, -0.2) is 0 Å². The minimum absolute atomic E-state index is 0.0265. The molecule has 0 aliphatic heterocycles. The van der Waals surface area contributed by atoms with Crippen LogP contribution in [0.4, 0.5) is 17.1 Å². The molecule has 0 saturated carbocycles. The zero-order chi connectivity index (χ0) is 21.9. The number of nitrogens with zero attached hydrogens (tertiary/aromatic N) is 1. The molecule has 2 rings (SSSR count). The van der Waals surface area contributed by atoms with Gasteiger partial charge >= 0.3 is 5.97 Å². The van der Waals surface area contributed by atoms with Crippen molar-refractivity contribution in [1.82, 2.24) is 5.32 Å². The number of nitrogen functional groups attached to an aromatic ring is 1. The van der Waals surface area contributed by atoms with E-state index in [4.69, 9.17) is 15.7 Å². The van der Waals surface area contributed by atoms with Crippen molar-refractivity contribution in [2.75, 3.05) is 36.1 Å². The van der Waals surface area contributed by atoms with Crippen molar-refractivity contribution in [2.24, 2.45) is 0 Å². The minimum Gasteiger partial charge on any atom is -0.466 e. The number of benzene rings is 2. The third kappa shape index (κ3) is 6.83. The summed E-state index contributed by atoms with van der Waals surface area (Å²) in [4.78, 5) is 35.8. The van der Waals surface area contributed by atoms with Gasteiger partial charge in [-0.15, -0.1) is 0 Å². The quantitative estimate of drug-likeness (QED) is 0.365. The number of carbonyl (C=O) groups is 3. The molecule has 0 aromatic heterocycles. The summed E-state index contributed by atoms with van der Waals surface area (Å²) in [6.45, 7) is 2.11. The summed E-state index contributed by atoms with van der Waals surface area (Å²) in [7, 11) is 0. The number of nitriles is 1. The smallest absolute Gasteiger partial charge is 0.307 e. The Morgan fingerprint density at radius 1 is 1.13 bits per heavy atom. The second kappa shape index (κ2) is 11.1. The molecule has 156 valence electrons. The summed E-state index contributed by atoms with van der Waals surface area (Å²) in [5.74, 6) is -1.14. The number of ether oxygens (including phenoxy) is 1. The van der Waals surface area contributed by atoms with Gasteiger partial charge < -0.3 is 26.4 Å². The maximum atomic E-state index is 12.2. The Hall–Kier alpha value is -4.06. The third-order valence-electron chi connectivity index (χ3n) is 3.98. The molecule has 0 heterocycles. The second-order valence-electron chi connectivity index (χ2n) is 6.20. The zero-order valence-corrected chi connectivity index (χ0v) is 16.5. The monoisotopic (exact) mass is 409 g/mol. The molecule has 0 aliphatic rings. The van der Waals surface area contributed by atoms with E-state index in [1.807, 2.05) is 6.07 Å². The van der Waals surface area contributed by atoms with Gasteiger partial charge in [0.2, 0.25) is 5.91 Å². The number of hydrogen-bond donors (Lipinski definition) is 4. The van der Waals surface area contributed by atoms with Crippen LogP contribution in [0.1, 0.15) is 29.3 Å². The molecule has 30 heavy (non-hydrogen) atoms. The van der Waals surface area contributed by atoms with Crippen molar-refractivity contribution < 1.29 is 19.1 Å². The molecule has 0 saturated heterocycles. The van der Waals surface area contributed by atoms with Crippen molar-refractivity contribution in [1.29, 1.82) is 5.26 Å². The topological polar surface area (TPSA) is 146 Å². The van der Waals surface area contributed by atoms with Crippen molar-refractivity contribution in [3.63, 3.8) is 0 Å². The largest absolute Gasteiger partial charge is 0.466 e. The van der Waals surface area contributed by atoms with Crippen molar-refractivity contribution in [3.8, 4) is 6.07 Å². The number of rotatable bonds is 9. The van der Waals surface area contributed by atoms with E-state index >= 15 is 0 Å². The number of amides is 2. The standard InChI is InChI=1S/C21H23N5O4/c1-2-30-20(28)9-10-24-21(29)15-5-8-17(23)18(11-15)26-19(27)13-25-16-6-3-14(12-22)4-7-16/h3-8,11,25H,2,9-10,13,23H2,1H3,(H,24,29)(H,26,27). The lowest BCUT2D eigenvalue weighted by Gasteiger charge is -2.12. The second-order valence-corrected chi connectivity index (χ2v) is 6.20. The fourth-order valence-electron chi connectivity index (χ4n) is 2.46. The van der Waals surface area contributed by atoms with Crippen LogP contribution in [0.3, 0.4) is 0 Å². The minimum atomic E-state index is -0.398. The van der Waals surface area contributed by atoms with Gasteiger partial charge in [0.15, 0.2) is 0 Å². The highest BCUT2D eigenvalue weighted by Gasteiger charge is 2.11. The van der Waals surface area contributed by atoms with Crippen LogP contribution in [0.25, 0.3) is 0 Å². The number of carbonyl (C=O) groups excluding carboxylic acids is 3. The van der Waals surface area contributed by atoms with Crippen molar-refractivity contribution in [2.45, 2.75) is 13.3 Å². The first kappa shape index (κ1) is 22.2. The highest BCUT2D eigenvalue weighted by molar-refractivity contribution is 6.00. The average Bonchev–Trinajstić information content (AvgIpc) is 2.74. The molecule has 2 aromatic carbocycles. The van der Waals surface area contributed by atoms with Gasteiger partial charge in [-0.3, -0.25) is 14.4 Å². The van der Waals surface area contributed by atoms with Gasteiger partial charge in [-0.2, -0.15) is 5.26 Å². The molecule has 0 spiro atoms. The molecule has 9 nitrogen and oxygen atoms in total. The SMILES string of the molecule is CCOC(=O)CCNC(=O)c1ccc(N)c(NC(=O)CNc2ccc(C#N)cc2)c1. The van der Waals surface area contributed by atoms with Crippen molar-refractivity contribution >= 4 is 34.8 Å². The molecule has 0 aliphatic carbocycles. The first-order valence-corrected chi connectivity index (χ1v) is 9.30. The van der Waals surface area contributed by atoms with E-state index in [-0.39, 0.29) is 32.0 Å². The summed E-state index contributed by atoms with van der Waals surface area (Å²) >= 11 is 0. The number of hydrogen-bond acceptors (Lipinski definition) is 7. The van der Waals surface area contributed by atoms with Gasteiger partial charge in [0.1, 0.15) is 0 Å². The summed E-state index contributed by atoms with van der Waals surface area (Å²) in [5.41, 5.74) is 8.01. The normalized spacial score (nSPS) is 9.87. The summed E-state index contributed by atoms with van der Waals surface area (Å²) in [6.07, 6.45) is 0.0686. The predicted octanol–water partition coefficient (Wildman–Crippen LogP) is 1.87. The van der Waals surface area contributed by atoms with Crippen LogP contribution in [-0.4, -0.2) is 37.5 Å². The Morgan fingerprint density at radius 2 is 1.87 bits per heavy atom. The van der Waals surface area contributed by atoms with Crippen LogP contribution >= 0.6 is 0 Å². The molecule has 0 atom stereocenters. The summed E-state index contributed by atoms with van der Waals surface area (Å²) in [5, 5.41) is 17.0. The molecule has 9 heteroatoms. The van der Waals surface area contributed by atoms with E-state index < -0.39 is 11.9 Å². The van der Waals surface area contributed by atoms with E-state index in [1.54, 1.807) is 31.2 Å². The van der Waals surface area contributed by atoms with Crippen LogP contribution in [-0.2, 0) is 14.3 Å². The van der Waals surface area contributed by atoms with Crippen LogP contribution in [0.2, 0.25) is 0 Å². The highest BCUT2D eigenvalue weighted by Crippen LogP contribution is 2.20. The van der Waals surface area contributed by atoms with Crippen LogP contribution in [0, 0.1) is 11.3 Å². The van der Waals surface area contributed by atoms with Crippen molar-refractivity contribution in [3.05, 3.63) is 53.6 Å². The van der Waals surface area contributed by atoms with Crippen LogP contribution < -0.4 is 21.7 Å². The molecule has 2 aromatic rings. The van der Waals surface area contributed by atoms with E-state index in [2.05, 4.69) is 16.0 Å². The van der Waals surface area contributed by atoms with E-state index in [0.29, 0.717) is 28.2 Å². The Balaban J connectivity index is 1.90. The predicted molar refractivity (Wildman–Crippen MR) is 113 cm³/mol. The molecular formula is C21H23N5O4. The molecule has 5 N–H and O–H groups in total. The molecule has 2 amide bonds. The fraction of sp³-hybridized carbons (Fsp3) is 0.238. The lowest BCUT2D eigenvalue weighted by molar-refractivity contribution is -0.142. The summed E-state index contributed by atoms with van der Waals surface area (Å²) in [6, 6.07) is 13.2. The van der Waals surface area contributed by atoms with Crippen LogP contribution in [0.15, 0.2) is 42.5 Å². The number of anilines is 3. The highest BCUT2D eigenvalue weighted by atomic mass is 16.5. The van der Waals surface area contributed by atoms with Gasteiger partial charge in [0.25, 0.3) is 5.91 Å².